The van der Waals surface area contributed by atoms with Gasteiger partial charge in [-0.25, -0.2) is 0 Å². The van der Waals surface area contributed by atoms with Crippen LogP contribution in [-0.2, 0) is 11.3 Å². The van der Waals surface area contributed by atoms with Crippen LogP contribution in [0.25, 0.3) is 0 Å². The second kappa shape index (κ2) is 8.40. The summed E-state index contributed by atoms with van der Waals surface area (Å²) in [5.41, 5.74) is 2.18. The van der Waals surface area contributed by atoms with Crippen molar-refractivity contribution < 1.29 is 4.74 Å². The molecule has 0 aromatic heterocycles. The topological polar surface area (TPSA) is 21.3 Å². The molecule has 112 valence electrons. The molecule has 1 unspecified atom stereocenters. The second-order valence-electron chi connectivity index (χ2n) is 4.79. The van der Waals surface area contributed by atoms with Crippen molar-refractivity contribution in [3.63, 3.8) is 0 Å². The van der Waals surface area contributed by atoms with Crippen LogP contribution in [0.4, 0.5) is 0 Å². The van der Waals surface area contributed by atoms with Crippen LogP contribution in [0.15, 0.2) is 48.5 Å². The molecule has 1 atom stereocenters. The number of hydrogen-bond donors (Lipinski definition) is 1. The first-order valence-corrected chi connectivity index (χ1v) is 7.77. The Bertz CT molecular complexity index is 557. The average molecular weight is 324 g/mol. The molecule has 0 radical (unpaired) electrons. The first kappa shape index (κ1) is 16.3. The third-order valence-electron chi connectivity index (χ3n) is 3.16. The minimum atomic E-state index is -0.0128. The van der Waals surface area contributed by atoms with E-state index < -0.39 is 0 Å². The van der Waals surface area contributed by atoms with Crippen LogP contribution in [0.3, 0.4) is 0 Å². The van der Waals surface area contributed by atoms with Gasteiger partial charge in [0.05, 0.1) is 12.7 Å². The summed E-state index contributed by atoms with van der Waals surface area (Å²) in [7, 11) is 0. The van der Waals surface area contributed by atoms with Gasteiger partial charge in [0, 0.05) is 16.6 Å². The van der Waals surface area contributed by atoms with Crippen LogP contribution in [0.1, 0.15) is 24.2 Å². The molecule has 0 heterocycles. The van der Waals surface area contributed by atoms with Crippen molar-refractivity contribution >= 4 is 23.2 Å². The van der Waals surface area contributed by atoms with E-state index in [1.54, 1.807) is 0 Å². The predicted molar refractivity (Wildman–Crippen MR) is 89.0 cm³/mol. The molecule has 2 rings (SSSR count). The van der Waals surface area contributed by atoms with E-state index in [2.05, 4.69) is 12.2 Å². The number of halogens is 2. The Hall–Kier alpha value is -1.06. The molecular weight excluding hydrogens is 305 g/mol. The van der Waals surface area contributed by atoms with Crippen LogP contribution in [-0.4, -0.2) is 13.1 Å². The molecule has 21 heavy (non-hydrogen) atoms. The lowest BCUT2D eigenvalue weighted by Gasteiger charge is -2.19. The number of rotatable bonds is 7. The van der Waals surface area contributed by atoms with Gasteiger partial charge in [0.25, 0.3) is 0 Å². The Morgan fingerprint density at radius 1 is 1.05 bits per heavy atom. The van der Waals surface area contributed by atoms with Gasteiger partial charge in [0.2, 0.25) is 0 Å². The zero-order chi connectivity index (χ0) is 15.1. The van der Waals surface area contributed by atoms with Crippen LogP contribution in [0.5, 0.6) is 0 Å². The standard InChI is InChI=1S/C17H19Cl2NO/c1-2-20-11-17(14-6-8-15(18)9-7-14)21-12-13-4-3-5-16(19)10-13/h3-10,17,20H,2,11-12H2,1H3. The van der Waals surface area contributed by atoms with Gasteiger partial charge >= 0.3 is 0 Å². The molecule has 0 saturated heterocycles. The van der Waals surface area contributed by atoms with Gasteiger partial charge in [-0.2, -0.15) is 0 Å². The largest absolute Gasteiger partial charge is 0.368 e. The molecule has 0 amide bonds. The predicted octanol–water partition coefficient (Wildman–Crippen LogP) is 4.86. The van der Waals surface area contributed by atoms with E-state index >= 15 is 0 Å². The minimum absolute atomic E-state index is 0.0128. The normalized spacial score (nSPS) is 12.3. The smallest absolute Gasteiger partial charge is 0.0953 e. The van der Waals surface area contributed by atoms with Gasteiger partial charge in [-0.05, 0) is 41.9 Å². The molecule has 0 aliphatic carbocycles. The van der Waals surface area contributed by atoms with Crippen LogP contribution in [0, 0.1) is 0 Å². The fourth-order valence-electron chi connectivity index (χ4n) is 2.05. The zero-order valence-electron chi connectivity index (χ0n) is 12.0. The van der Waals surface area contributed by atoms with Crippen molar-refractivity contribution in [2.75, 3.05) is 13.1 Å². The Morgan fingerprint density at radius 3 is 2.48 bits per heavy atom. The molecule has 1 N–H and O–H groups in total. The van der Waals surface area contributed by atoms with Crippen molar-refractivity contribution in [3.8, 4) is 0 Å². The molecule has 0 fully saturated rings. The number of benzene rings is 2. The summed E-state index contributed by atoms with van der Waals surface area (Å²) in [5, 5.41) is 4.78. The summed E-state index contributed by atoms with van der Waals surface area (Å²) < 4.78 is 6.05. The van der Waals surface area contributed by atoms with E-state index in [1.807, 2.05) is 48.5 Å². The third kappa shape index (κ3) is 5.33. The van der Waals surface area contributed by atoms with Crippen molar-refractivity contribution in [2.24, 2.45) is 0 Å². The Balaban J connectivity index is 2.04. The van der Waals surface area contributed by atoms with Crippen LogP contribution < -0.4 is 5.32 Å². The highest BCUT2D eigenvalue weighted by Gasteiger charge is 2.12. The maximum absolute atomic E-state index is 6.05. The molecule has 4 heteroatoms. The quantitative estimate of drug-likeness (QED) is 0.785. The summed E-state index contributed by atoms with van der Waals surface area (Å²) in [4.78, 5) is 0. The third-order valence-corrected chi connectivity index (χ3v) is 3.65. The highest BCUT2D eigenvalue weighted by Crippen LogP contribution is 2.21. The Kier molecular flexibility index (Phi) is 6.52. The van der Waals surface area contributed by atoms with Gasteiger partial charge in [-0.3, -0.25) is 0 Å². The summed E-state index contributed by atoms with van der Waals surface area (Å²) >= 11 is 11.9. The van der Waals surface area contributed by atoms with Gasteiger partial charge in [-0.1, -0.05) is 54.4 Å². The maximum Gasteiger partial charge on any atom is 0.0953 e. The fourth-order valence-corrected chi connectivity index (χ4v) is 2.39. The fraction of sp³-hybridized carbons (Fsp3) is 0.294. The van der Waals surface area contributed by atoms with Gasteiger partial charge in [-0.15, -0.1) is 0 Å². The van der Waals surface area contributed by atoms with Gasteiger partial charge in [0.1, 0.15) is 0 Å². The molecule has 2 nitrogen and oxygen atoms in total. The van der Waals surface area contributed by atoms with Crippen molar-refractivity contribution in [1.29, 1.82) is 0 Å². The molecule has 0 saturated carbocycles. The highest BCUT2D eigenvalue weighted by molar-refractivity contribution is 6.30. The lowest BCUT2D eigenvalue weighted by Crippen LogP contribution is -2.23. The molecule has 0 aliphatic heterocycles. The van der Waals surface area contributed by atoms with Crippen molar-refractivity contribution in [2.45, 2.75) is 19.6 Å². The van der Waals surface area contributed by atoms with E-state index in [0.717, 1.165) is 34.3 Å². The second-order valence-corrected chi connectivity index (χ2v) is 5.66. The SMILES string of the molecule is CCNCC(OCc1cccc(Cl)c1)c1ccc(Cl)cc1. The first-order chi connectivity index (χ1) is 10.2. The van der Waals surface area contributed by atoms with E-state index in [-0.39, 0.29) is 6.10 Å². The molecule has 2 aromatic carbocycles. The summed E-state index contributed by atoms with van der Waals surface area (Å²) in [6.07, 6.45) is -0.0128. The average Bonchev–Trinajstić information content (AvgIpc) is 2.49. The van der Waals surface area contributed by atoms with E-state index in [9.17, 15) is 0 Å². The first-order valence-electron chi connectivity index (χ1n) is 7.01. The number of hydrogen-bond acceptors (Lipinski definition) is 2. The number of nitrogens with one attached hydrogen (secondary N) is 1. The Labute approximate surface area is 136 Å². The van der Waals surface area contributed by atoms with Crippen LogP contribution >= 0.6 is 23.2 Å². The lowest BCUT2D eigenvalue weighted by molar-refractivity contribution is 0.0401. The molecule has 2 aromatic rings. The van der Waals surface area contributed by atoms with Crippen molar-refractivity contribution in [1.82, 2.24) is 5.32 Å². The summed E-state index contributed by atoms with van der Waals surface area (Å²) in [6.45, 7) is 4.28. The lowest BCUT2D eigenvalue weighted by atomic mass is 10.1. The number of likely N-dealkylation sites (N-methyl/N-ethyl adjacent to an activating group) is 1. The van der Waals surface area contributed by atoms with Crippen molar-refractivity contribution in [3.05, 3.63) is 69.7 Å². The summed E-state index contributed by atoms with van der Waals surface area (Å²) in [5.74, 6) is 0. The molecule has 0 aliphatic rings. The minimum Gasteiger partial charge on any atom is -0.368 e. The van der Waals surface area contributed by atoms with Gasteiger partial charge < -0.3 is 10.1 Å². The van der Waals surface area contributed by atoms with E-state index in [4.69, 9.17) is 27.9 Å². The van der Waals surface area contributed by atoms with E-state index in [1.165, 1.54) is 0 Å². The van der Waals surface area contributed by atoms with E-state index in [0.29, 0.717) is 6.61 Å². The molecular formula is C17H19Cl2NO. The summed E-state index contributed by atoms with van der Waals surface area (Å²) in [6, 6.07) is 15.5. The van der Waals surface area contributed by atoms with Gasteiger partial charge in [0.15, 0.2) is 0 Å². The van der Waals surface area contributed by atoms with Crippen LogP contribution in [0.2, 0.25) is 10.0 Å². The monoisotopic (exact) mass is 323 g/mol. The Morgan fingerprint density at radius 2 is 1.81 bits per heavy atom. The number of ether oxygens (including phenoxy) is 1. The maximum atomic E-state index is 6.05. The highest BCUT2D eigenvalue weighted by atomic mass is 35.5. The zero-order valence-corrected chi connectivity index (χ0v) is 13.5. The molecule has 0 bridgehead atoms. The molecule has 0 spiro atoms.